The molecular formula is C6H12ClNO2. The van der Waals surface area contributed by atoms with Crippen LogP contribution in [0, 0.1) is 5.92 Å². The molecule has 0 aliphatic rings. The lowest BCUT2D eigenvalue weighted by molar-refractivity contribution is -0.144. The van der Waals surface area contributed by atoms with Crippen LogP contribution in [0.25, 0.3) is 0 Å². The quantitative estimate of drug-likeness (QED) is 0.486. The van der Waals surface area contributed by atoms with Crippen LogP contribution in [0.4, 0.5) is 0 Å². The van der Waals surface area contributed by atoms with Crippen LogP contribution in [0.2, 0.25) is 0 Å². The van der Waals surface area contributed by atoms with Gasteiger partial charge in [-0.15, -0.1) is 11.6 Å². The predicted octanol–water partition coefficient (Wildman–Crippen LogP) is 0.362. The molecule has 0 aromatic carbocycles. The Morgan fingerprint density at radius 3 is 2.40 bits per heavy atom. The Labute approximate surface area is 65.5 Å². The van der Waals surface area contributed by atoms with Crippen molar-refractivity contribution < 1.29 is 9.53 Å². The fourth-order valence-corrected chi connectivity index (χ4v) is 0.828. The average Bonchev–Trinajstić information content (AvgIpc) is 1.88. The number of rotatable bonds is 3. The third kappa shape index (κ3) is 2.54. The summed E-state index contributed by atoms with van der Waals surface area (Å²) in [4.78, 5) is 10.8. The molecule has 3 nitrogen and oxygen atoms in total. The molecular weight excluding hydrogens is 154 g/mol. The summed E-state index contributed by atoms with van der Waals surface area (Å²) < 4.78 is 4.46. The Hall–Kier alpha value is -0.280. The van der Waals surface area contributed by atoms with E-state index in [0.717, 1.165) is 0 Å². The number of methoxy groups -OCH3 is 1. The van der Waals surface area contributed by atoms with Crippen LogP contribution in [-0.4, -0.2) is 25.0 Å². The molecule has 0 saturated heterocycles. The highest BCUT2D eigenvalue weighted by Gasteiger charge is 2.22. The first-order valence-corrected chi connectivity index (χ1v) is 3.49. The average molecular weight is 166 g/mol. The van der Waals surface area contributed by atoms with E-state index in [1.807, 2.05) is 0 Å². The first kappa shape index (κ1) is 9.72. The molecule has 2 unspecified atom stereocenters. The number of carbonyl (C=O) groups is 1. The number of halogens is 1. The van der Waals surface area contributed by atoms with Gasteiger partial charge in [-0.1, -0.05) is 0 Å². The van der Waals surface area contributed by atoms with Gasteiger partial charge < -0.3 is 10.5 Å². The summed E-state index contributed by atoms with van der Waals surface area (Å²) in [5, 5.41) is -0.266. The molecule has 0 fully saturated rings. The minimum atomic E-state index is -0.383. The molecule has 0 aromatic rings. The zero-order chi connectivity index (χ0) is 8.15. The lowest BCUT2D eigenvalue weighted by atomic mass is 10.1. The van der Waals surface area contributed by atoms with E-state index in [9.17, 15) is 4.79 Å². The molecule has 0 rings (SSSR count). The predicted molar refractivity (Wildman–Crippen MR) is 39.9 cm³/mol. The van der Waals surface area contributed by atoms with E-state index >= 15 is 0 Å². The van der Waals surface area contributed by atoms with E-state index < -0.39 is 0 Å². The van der Waals surface area contributed by atoms with Crippen LogP contribution in [0.5, 0.6) is 0 Å². The summed E-state index contributed by atoms with van der Waals surface area (Å²) >= 11 is 5.64. The molecule has 0 amide bonds. The van der Waals surface area contributed by atoms with Crippen molar-refractivity contribution in [3.8, 4) is 0 Å². The van der Waals surface area contributed by atoms with Gasteiger partial charge in [-0.25, -0.2) is 0 Å². The van der Waals surface area contributed by atoms with Gasteiger partial charge in [-0.3, -0.25) is 4.79 Å². The normalized spacial score (nSPS) is 16.0. The summed E-state index contributed by atoms with van der Waals surface area (Å²) in [6.45, 7) is 1.95. The Kier molecular flexibility index (Phi) is 4.40. The molecule has 0 saturated carbocycles. The number of ether oxygens (including phenoxy) is 1. The van der Waals surface area contributed by atoms with E-state index in [1.165, 1.54) is 7.11 Å². The molecule has 0 radical (unpaired) electrons. The second-order valence-corrected chi connectivity index (χ2v) is 2.73. The van der Waals surface area contributed by atoms with Crippen LogP contribution >= 0.6 is 11.6 Å². The Balaban J connectivity index is 3.93. The standard InChI is InChI=1S/C6H12ClNO2/c1-4(7)5(3-8)6(9)10-2/h4-5H,3,8H2,1-2H3. The van der Waals surface area contributed by atoms with Gasteiger partial charge in [0.15, 0.2) is 0 Å². The first-order chi connectivity index (χ1) is 4.63. The first-order valence-electron chi connectivity index (χ1n) is 3.05. The van der Waals surface area contributed by atoms with Gasteiger partial charge in [0.25, 0.3) is 0 Å². The molecule has 2 atom stereocenters. The molecule has 0 aliphatic carbocycles. The smallest absolute Gasteiger partial charge is 0.311 e. The van der Waals surface area contributed by atoms with E-state index in [-0.39, 0.29) is 23.8 Å². The van der Waals surface area contributed by atoms with E-state index in [2.05, 4.69) is 4.74 Å². The maximum absolute atomic E-state index is 10.8. The van der Waals surface area contributed by atoms with E-state index in [0.29, 0.717) is 0 Å². The highest BCUT2D eigenvalue weighted by Crippen LogP contribution is 2.09. The lowest BCUT2D eigenvalue weighted by Gasteiger charge is -2.13. The van der Waals surface area contributed by atoms with Crippen molar-refractivity contribution in [3.05, 3.63) is 0 Å². The minimum absolute atomic E-state index is 0.233. The topological polar surface area (TPSA) is 52.3 Å². The molecule has 0 aliphatic heterocycles. The minimum Gasteiger partial charge on any atom is -0.469 e. The molecule has 60 valence electrons. The van der Waals surface area contributed by atoms with Crippen molar-refractivity contribution in [2.24, 2.45) is 11.7 Å². The Bertz CT molecular complexity index is 116. The number of hydrogen-bond acceptors (Lipinski definition) is 3. The maximum Gasteiger partial charge on any atom is 0.311 e. The van der Waals surface area contributed by atoms with Gasteiger partial charge in [-0.2, -0.15) is 0 Å². The Morgan fingerprint density at radius 1 is 1.80 bits per heavy atom. The van der Waals surface area contributed by atoms with Crippen LogP contribution in [-0.2, 0) is 9.53 Å². The lowest BCUT2D eigenvalue weighted by Crippen LogP contribution is -2.30. The molecule has 0 aromatic heterocycles. The van der Waals surface area contributed by atoms with Gasteiger partial charge in [0, 0.05) is 11.9 Å². The van der Waals surface area contributed by atoms with E-state index in [4.69, 9.17) is 17.3 Å². The van der Waals surface area contributed by atoms with Gasteiger partial charge in [0.1, 0.15) is 0 Å². The van der Waals surface area contributed by atoms with Gasteiger partial charge in [0.05, 0.1) is 13.0 Å². The van der Waals surface area contributed by atoms with E-state index in [1.54, 1.807) is 6.92 Å². The van der Waals surface area contributed by atoms with Crippen molar-refractivity contribution in [2.75, 3.05) is 13.7 Å². The number of esters is 1. The summed E-state index contributed by atoms with van der Waals surface area (Å²) in [6.07, 6.45) is 0. The van der Waals surface area contributed by atoms with Crippen LogP contribution in [0.15, 0.2) is 0 Å². The third-order valence-corrected chi connectivity index (χ3v) is 1.62. The van der Waals surface area contributed by atoms with Crippen molar-refractivity contribution >= 4 is 17.6 Å². The summed E-state index contributed by atoms with van der Waals surface area (Å²) in [6, 6.07) is 0. The largest absolute Gasteiger partial charge is 0.469 e. The molecule has 0 spiro atoms. The van der Waals surface area contributed by atoms with Gasteiger partial charge in [0.2, 0.25) is 0 Å². The summed E-state index contributed by atoms with van der Waals surface area (Å²) in [7, 11) is 1.32. The Morgan fingerprint density at radius 2 is 2.30 bits per heavy atom. The molecule has 10 heavy (non-hydrogen) atoms. The van der Waals surface area contributed by atoms with Crippen molar-refractivity contribution in [2.45, 2.75) is 12.3 Å². The summed E-state index contributed by atoms with van der Waals surface area (Å²) in [5.41, 5.74) is 5.26. The zero-order valence-electron chi connectivity index (χ0n) is 6.13. The van der Waals surface area contributed by atoms with Crippen LogP contribution in [0.3, 0.4) is 0 Å². The summed E-state index contributed by atoms with van der Waals surface area (Å²) in [5.74, 6) is -0.725. The number of nitrogens with two attached hydrogens (primary N) is 1. The molecule has 0 heterocycles. The van der Waals surface area contributed by atoms with Crippen molar-refractivity contribution in [3.63, 3.8) is 0 Å². The number of carbonyl (C=O) groups excluding carboxylic acids is 1. The fraction of sp³-hybridized carbons (Fsp3) is 0.833. The third-order valence-electron chi connectivity index (χ3n) is 1.31. The fourth-order valence-electron chi connectivity index (χ4n) is 0.623. The van der Waals surface area contributed by atoms with Crippen LogP contribution in [0.1, 0.15) is 6.92 Å². The highest BCUT2D eigenvalue weighted by molar-refractivity contribution is 6.21. The van der Waals surface area contributed by atoms with Gasteiger partial charge >= 0.3 is 5.97 Å². The maximum atomic E-state index is 10.8. The SMILES string of the molecule is COC(=O)C(CN)C(C)Cl. The number of hydrogen-bond donors (Lipinski definition) is 1. The van der Waals surface area contributed by atoms with Gasteiger partial charge in [-0.05, 0) is 6.92 Å². The van der Waals surface area contributed by atoms with Crippen molar-refractivity contribution in [1.29, 1.82) is 0 Å². The second-order valence-electron chi connectivity index (χ2n) is 2.04. The van der Waals surface area contributed by atoms with Crippen molar-refractivity contribution in [1.82, 2.24) is 0 Å². The number of alkyl halides is 1. The second kappa shape index (κ2) is 4.52. The van der Waals surface area contributed by atoms with Crippen LogP contribution < -0.4 is 5.73 Å². The molecule has 0 bridgehead atoms. The zero-order valence-corrected chi connectivity index (χ0v) is 6.89. The molecule has 2 N–H and O–H groups in total. The molecule has 4 heteroatoms. The highest BCUT2D eigenvalue weighted by atomic mass is 35.5. The monoisotopic (exact) mass is 165 g/mol.